The van der Waals surface area contributed by atoms with Gasteiger partial charge >= 0.3 is 61.7 Å². The summed E-state index contributed by atoms with van der Waals surface area (Å²) in [5, 5.41) is 0. The molecule has 0 bridgehead atoms. The van der Waals surface area contributed by atoms with Crippen LogP contribution >= 0.6 is 17.0 Å². The van der Waals surface area contributed by atoms with Gasteiger partial charge in [-0.05, 0) is 24.3 Å². The Hall–Kier alpha value is 0.846. The first-order chi connectivity index (χ1) is 5.91. The van der Waals surface area contributed by atoms with Crippen molar-refractivity contribution >= 4 is 38.7 Å². The van der Waals surface area contributed by atoms with Gasteiger partial charge < -0.3 is 7.16 Å². The summed E-state index contributed by atoms with van der Waals surface area (Å²) < 4.78 is 30.8. The molecule has 0 saturated heterocycles. The Morgan fingerprint density at radius 2 is 1.73 bits per heavy atom. The summed E-state index contributed by atoms with van der Waals surface area (Å²) in [4.78, 5) is 0. The molecule has 0 aromatic heterocycles. The summed E-state index contributed by atoms with van der Waals surface area (Å²) in [6.45, 7) is 0. The molecule has 1 aromatic rings. The van der Waals surface area contributed by atoms with Gasteiger partial charge in [0.25, 0.3) is 0 Å². The van der Waals surface area contributed by atoms with Crippen LogP contribution in [0.5, 0.6) is 0 Å². The van der Waals surface area contributed by atoms with Crippen molar-refractivity contribution in [3.05, 3.63) is 24.3 Å². The first kappa shape index (κ1) is 18.2. The number of hydrogen-bond acceptors (Lipinski definition) is 3. The normalized spacial score (nSPS) is 9.73. The van der Waals surface area contributed by atoms with Crippen LogP contribution in [0.2, 0.25) is 0 Å². The number of anilines is 2. The van der Waals surface area contributed by atoms with Crippen LogP contribution in [0.3, 0.4) is 0 Å². The summed E-state index contributed by atoms with van der Waals surface area (Å²) >= 11 is 0. The third kappa shape index (κ3) is 5.64. The van der Waals surface area contributed by atoms with Crippen molar-refractivity contribution in [2.75, 3.05) is 17.1 Å². The predicted octanol–water partition coefficient (Wildman–Crippen LogP) is -1.80. The van der Waals surface area contributed by atoms with E-state index in [-0.39, 0.29) is 69.8 Å². The fourth-order valence-electron chi connectivity index (χ4n) is 0.817. The minimum absolute atomic E-state index is 0. The molecule has 5 nitrogen and oxygen atoms in total. The fraction of sp³-hybridized carbons (Fsp3) is 0.143. The molecule has 0 aliphatic rings. The van der Waals surface area contributed by atoms with Crippen molar-refractivity contribution in [1.29, 1.82) is 0 Å². The molecule has 1 aromatic carbocycles. The van der Waals surface area contributed by atoms with Crippen LogP contribution in [0.25, 0.3) is 0 Å². The minimum atomic E-state index is -4.18. The number of nitrogens with two attached hydrogens (primary N) is 1. The van der Waals surface area contributed by atoms with Gasteiger partial charge in [-0.25, -0.2) is 0 Å². The van der Waals surface area contributed by atoms with E-state index < -0.39 is 10.3 Å². The molecular weight excluding hydrogens is 311 g/mol. The van der Waals surface area contributed by atoms with E-state index in [4.69, 9.17) is 10.3 Å². The number of nitrogens with zero attached hydrogens (tertiary/aromatic N) is 1. The maximum atomic E-state index is 10.7. The monoisotopic (exact) mass is 322 g/mol. The van der Waals surface area contributed by atoms with Crippen molar-refractivity contribution in [3.63, 3.8) is 0 Å². The van der Waals surface area contributed by atoms with E-state index in [1.165, 1.54) is 19.2 Å². The molecule has 0 spiro atoms. The maximum absolute atomic E-state index is 10.7. The first-order valence-electron chi connectivity index (χ1n) is 3.48. The molecule has 15 heavy (non-hydrogen) atoms. The Morgan fingerprint density at radius 3 is 2.07 bits per heavy atom. The van der Waals surface area contributed by atoms with Gasteiger partial charge in [-0.1, -0.05) is 0 Å². The average Bonchev–Trinajstić information content (AvgIpc) is 2.03. The topological polar surface area (TPSA) is 83.6 Å². The second-order valence-electron chi connectivity index (χ2n) is 2.54. The van der Waals surface area contributed by atoms with Gasteiger partial charge in [-0.15, -0.1) is 17.0 Å². The number of benzene rings is 1. The molecular formula is C7H12BrKN2O3S. The molecule has 0 atom stereocenters. The summed E-state index contributed by atoms with van der Waals surface area (Å²) in [5.41, 5.74) is 6.30. The molecule has 0 radical (unpaired) electrons. The zero-order chi connectivity index (χ0) is 10.1. The SMILES string of the molecule is Br.CN(c1ccc(N)cc1)S(=O)(=O)O.[H-].[K+]. The van der Waals surface area contributed by atoms with Crippen LogP contribution in [0.1, 0.15) is 1.43 Å². The summed E-state index contributed by atoms with van der Waals surface area (Å²) in [5.74, 6) is 0. The summed E-state index contributed by atoms with van der Waals surface area (Å²) in [7, 11) is -2.93. The van der Waals surface area contributed by atoms with Gasteiger partial charge in [0.1, 0.15) is 0 Å². The average molecular weight is 323 g/mol. The Labute approximate surface area is 144 Å². The van der Waals surface area contributed by atoms with Crippen LogP contribution in [0.15, 0.2) is 24.3 Å². The molecule has 1 rings (SSSR count). The van der Waals surface area contributed by atoms with Gasteiger partial charge in [0.05, 0.1) is 5.69 Å². The fourth-order valence-corrected chi connectivity index (χ4v) is 1.21. The Morgan fingerprint density at radius 1 is 1.33 bits per heavy atom. The minimum Gasteiger partial charge on any atom is -1.00 e. The van der Waals surface area contributed by atoms with E-state index in [0.717, 1.165) is 4.31 Å². The zero-order valence-corrected chi connectivity index (χ0v) is 14.1. The summed E-state index contributed by atoms with van der Waals surface area (Å²) in [6, 6.07) is 6.11. The summed E-state index contributed by atoms with van der Waals surface area (Å²) in [6.07, 6.45) is 0. The molecule has 8 heteroatoms. The van der Waals surface area contributed by atoms with Crippen molar-refractivity contribution in [3.8, 4) is 0 Å². The zero-order valence-electron chi connectivity index (χ0n) is 9.41. The van der Waals surface area contributed by atoms with Crippen LogP contribution in [0, 0.1) is 0 Å². The third-order valence-corrected chi connectivity index (χ3v) is 2.51. The Balaban J connectivity index is -0.000000563. The van der Waals surface area contributed by atoms with Crippen molar-refractivity contribution in [1.82, 2.24) is 0 Å². The van der Waals surface area contributed by atoms with Crippen LogP contribution in [0.4, 0.5) is 11.4 Å². The smallest absolute Gasteiger partial charge is 1.00 e. The molecule has 0 aliphatic heterocycles. The molecule has 0 unspecified atom stereocenters. The van der Waals surface area contributed by atoms with Crippen LogP contribution in [-0.2, 0) is 10.3 Å². The molecule has 3 N–H and O–H groups in total. The quantitative estimate of drug-likeness (QED) is 0.382. The van der Waals surface area contributed by atoms with Gasteiger partial charge in [0.15, 0.2) is 0 Å². The van der Waals surface area contributed by atoms with Gasteiger partial charge in [-0.3, -0.25) is 8.86 Å². The maximum Gasteiger partial charge on any atom is 1.00 e. The standard InChI is InChI=1S/C7H10N2O3S.BrH.K.H/c1-9(13(10,11)12)7-4-2-6(8)3-5-7;;;/h2-5H,8H2,1H3,(H,10,11,12);1H;;/q;;+1;-1. The number of nitrogen functional groups attached to an aromatic ring is 1. The van der Waals surface area contributed by atoms with Crippen LogP contribution in [-0.4, -0.2) is 20.0 Å². The van der Waals surface area contributed by atoms with Crippen LogP contribution < -0.4 is 61.4 Å². The van der Waals surface area contributed by atoms with Gasteiger partial charge in [0.2, 0.25) is 0 Å². The molecule has 0 fully saturated rings. The van der Waals surface area contributed by atoms with Crippen molar-refractivity contribution < 1.29 is 65.8 Å². The van der Waals surface area contributed by atoms with E-state index in [1.807, 2.05) is 0 Å². The number of rotatable bonds is 2. The van der Waals surface area contributed by atoms with E-state index in [9.17, 15) is 8.42 Å². The Bertz CT molecular complexity index is 401. The molecule has 0 aliphatic carbocycles. The van der Waals surface area contributed by atoms with E-state index in [1.54, 1.807) is 12.1 Å². The van der Waals surface area contributed by atoms with E-state index in [2.05, 4.69) is 0 Å². The third-order valence-electron chi connectivity index (χ3n) is 1.60. The molecule has 0 amide bonds. The molecule has 0 heterocycles. The van der Waals surface area contributed by atoms with Gasteiger partial charge in [-0.2, -0.15) is 8.42 Å². The van der Waals surface area contributed by atoms with Crippen molar-refractivity contribution in [2.45, 2.75) is 0 Å². The van der Waals surface area contributed by atoms with Gasteiger partial charge in [0, 0.05) is 12.7 Å². The number of halogens is 1. The molecule has 82 valence electrons. The first-order valence-corrected chi connectivity index (χ1v) is 4.88. The Kier molecular flexibility index (Phi) is 8.78. The number of hydrogen-bond donors (Lipinski definition) is 2. The van der Waals surface area contributed by atoms with Crippen molar-refractivity contribution in [2.24, 2.45) is 0 Å². The largest absolute Gasteiger partial charge is 1.00 e. The van der Waals surface area contributed by atoms with E-state index >= 15 is 0 Å². The second kappa shape index (κ2) is 7.23. The molecule has 0 saturated carbocycles. The predicted molar refractivity (Wildman–Crippen MR) is 62.2 cm³/mol. The second-order valence-corrected chi connectivity index (χ2v) is 3.98. The van der Waals surface area contributed by atoms with E-state index in [0.29, 0.717) is 11.4 Å².